The molecule has 0 aromatic carbocycles. The lowest BCUT2D eigenvalue weighted by atomic mass is 9.88. The first-order chi connectivity index (χ1) is 8.89. The second-order valence-electron chi connectivity index (χ2n) is 4.66. The van der Waals surface area contributed by atoms with Gasteiger partial charge in [0.05, 0.1) is 17.7 Å². The minimum Gasteiger partial charge on any atom is -0.464 e. The van der Waals surface area contributed by atoms with Gasteiger partial charge in [0.25, 0.3) is 0 Å². The van der Waals surface area contributed by atoms with Crippen molar-refractivity contribution in [2.24, 2.45) is 0 Å². The number of ether oxygens (including phenoxy) is 1. The predicted octanol–water partition coefficient (Wildman–Crippen LogP) is 0.822. The molecule has 104 valence electrons. The van der Waals surface area contributed by atoms with Crippen LogP contribution in [-0.2, 0) is 19.7 Å². The summed E-state index contributed by atoms with van der Waals surface area (Å²) in [5.41, 5.74) is -0.321. The van der Waals surface area contributed by atoms with Gasteiger partial charge in [0.2, 0.25) is 5.91 Å². The smallest absolute Gasteiger partial charge is 0.328 e. The Hall–Kier alpha value is -1.98. The first-order valence-electron chi connectivity index (χ1n) is 6.13. The monoisotopic (exact) mass is 265 g/mol. The van der Waals surface area contributed by atoms with Gasteiger partial charge in [0.1, 0.15) is 6.04 Å². The van der Waals surface area contributed by atoms with E-state index < -0.39 is 17.4 Å². The highest BCUT2D eigenvalue weighted by atomic mass is 16.5. The number of hydrogen-bond acceptors (Lipinski definition) is 5. The summed E-state index contributed by atoms with van der Waals surface area (Å²) < 4.78 is 4.84. The molecule has 0 spiro atoms. The zero-order valence-electron chi connectivity index (χ0n) is 11.6. The van der Waals surface area contributed by atoms with E-state index in [1.54, 1.807) is 33.9 Å². The third kappa shape index (κ3) is 3.74. The molecule has 6 heteroatoms. The normalized spacial score (nSPS) is 12.6. The van der Waals surface area contributed by atoms with Crippen LogP contribution in [0, 0.1) is 0 Å². The van der Waals surface area contributed by atoms with Crippen LogP contribution < -0.4 is 5.32 Å². The number of nitrogens with one attached hydrogen (secondary N) is 1. The Morgan fingerprint density at radius 2 is 2.11 bits per heavy atom. The van der Waals surface area contributed by atoms with E-state index in [4.69, 9.17) is 4.74 Å². The summed E-state index contributed by atoms with van der Waals surface area (Å²) in [6.07, 6.45) is 4.60. The number of amides is 1. The summed E-state index contributed by atoms with van der Waals surface area (Å²) in [6.45, 7) is 7.04. The Morgan fingerprint density at radius 1 is 1.42 bits per heavy atom. The summed E-state index contributed by atoms with van der Waals surface area (Å²) in [7, 11) is 0. The second-order valence-corrected chi connectivity index (χ2v) is 4.66. The Balaban J connectivity index is 2.75. The van der Waals surface area contributed by atoms with Crippen molar-refractivity contribution in [3.8, 4) is 0 Å². The zero-order valence-corrected chi connectivity index (χ0v) is 11.6. The van der Waals surface area contributed by atoms with Crippen LogP contribution in [0.1, 0.15) is 33.4 Å². The van der Waals surface area contributed by atoms with Crippen molar-refractivity contribution < 1.29 is 14.3 Å². The van der Waals surface area contributed by atoms with E-state index in [1.807, 2.05) is 0 Å². The van der Waals surface area contributed by atoms with E-state index in [1.165, 1.54) is 12.4 Å². The van der Waals surface area contributed by atoms with Crippen LogP contribution in [0.25, 0.3) is 0 Å². The number of carbonyl (C=O) groups excluding carboxylic acids is 2. The Kier molecular flexibility index (Phi) is 4.97. The number of nitrogens with zero attached hydrogens (tertiary/aromatic N) is 2. The molecular weight excluding hydrogens is 246 g/mol. The van der Waals surface area contributed by atoms with E-state index in [0.717, 1.165) is 0 Å². The van der Waals surface area contributed by atoms with Crippen molar-refractivity contribution in [2.75, 3.05) is 6.61 Å². The molecule has 6 nitrogen and oxygen atoms in total. The molecular formula is C13H19N3O3. The van der Waals surface area contributed by atoms with Gasteiger partial charge in [0, 0.05) is 18.6 Å². The molecule has 0 bridgehead atoms. The van der Waals surface area contributed by atoms with Gasteiger partial charge in [-0.05, 0) is 27.7 Å². The average Bonchev–Trinajstić information content (AvgIpc) is 2.39. The highest BCUT2D eigenvalue weighted by Crippen LogP contribution is 2.20. The van der Waals surface area contributed by atoms with Crippen molar-refractivity contribution in [3.05, 3.63) is 24.3 Å². The number of aromatic nitrogens is 2. The van der Waals surface area contributed by atoms with E-state index in [0.29, 0.717) is 5.69 Å². The van der Waals surface area contributed by atoms with Crippen molar-refractivity contribution in [2.45, 2.75) is 39.2 Å². The van der Waals surface area contributed by atoms with Crippen molar-refractivity contribution in [1.82, 2.24) is 15.3 Å². The summed E-state index contributed by atoms with van der Waals surface area (Å²) in [6, 6.07) is -0.691. The van der Waals surface area contributed by atoms with Crippen molar-refractivity contribution in [3.63, 3.8) is 0 Å². The van der Waals surface area contributed by atoms with Gasteiger partial charge in [-0.3, -0.25) is 14.8 Å². The fraction of sp³-hybridized carbons (Fsp3) is 0.538. The summed E-state index contributed by atoms with van der Waals surface area (Å²) >= 11 is 0. The standard InChI is InChI=1S/C13H19N3O3/c1-5-19-11(17)9(2)16-12(18)13(3,4)10-8-14-6-7-15-10/h6-9H,5H2,1-4H3,(H,16,18)/t9-/m0/s1. The van der Waals surface area contributed by atoms with E-state index in [-0.39, 0.29) is 12.5 Å². The summed E-state index contributed by atoms with van der Waals surface area (Å²) in [5, 5.41) is 2.62. The van der Waals surface area contributed by atoms with Crippen LogP contribution in [0.4, 0.5) is 0 Å². The van der Waals surface area contributed by atoms with E-state index >= 15 is 0 Å². The van der Waals surface area contributed by atoms with Gasteiger partial charge in [-0.25, -0.2) is 4.79 Å². The van der Waals surface area contributed by atoms with Gasteiger partial charge in [-0.15, -0.1) is 0 Å². The lowest BCUT2D eigenvalue weighted by molar-refractivity contribution is -0.147. The van der Waals surface area contributed by atoms with Crippen molar-refractivity contribution in [1.29, 1.82) is 0 Å². The highest BCUT2D eigenvalue weighted by molar-refractivity contribution is 5.90. The molecule has 19 heavy (non-hydrogen) atoms. The number of rotatable bonds is 5. The van der Waals surface area contributed by atoms with Crippen LogP contribution >= 0.6 is 0 Å². The Morgan fingerprint density at radius 3 is 2.63 bits per heavy atom. The van der Waals surface area contributed by atoms with Gasteiger partial charge in [-0.1, -0.05) is 0 Å². The first kappa shape index (κ1) is 15.1. The maximum Gasteiger partial charge on any atom is 0.328 e. The summed E-state index contributed by atoms with van der Waals surface area (Å²) in [5.74, 6) is -0.751. The molecule has 0 aliphatic carbocycles. The molecule has 0 aliphatic heterocycles. The van der Waals surface area contributed by atoms with E-state index in [2.05, 4.69) is 15.3 Å². The maximum absolute atomic E-state index is 12.2. The lowest BCUT2D eigenvalue weighted by Crippen LogP contribution is -2.47. The van der Waals surface area contributed by atoms with Crippen LogP contribution in [0.15, 0.2) is 18.6 Å². The van der Waals surface area contributed by atoms with Crippen LogP contribution in [0.3, 0.4) is 0 Å². The second kappa shape index (κ2) is 6.26. The number of carbonyl (C=O) groups is 2. The van der Waals surface area contributed by atoms with Crippen LogP contribution in [0.2, 0.25) is 0 Å². The third-order valence-electron chi connectivity index (χ3n) is 2.76. The molecule has 1 amide bonds. The molecule has 0 saturated heterocycles. The van der Waals surface area contributed by atoms with Crippen LogP contribution in [-0.4, -0.2) is 34.5 Å². The third-order valence-corrected chi connectivity index (χ3v) is 2.76. The van der Waals surface area contributed by atoms with Gasteiger partial charge < -0.3 is 10.1 Å². The molecule has 1 atom stereocenters. The lowest BCUT2D eigenvalue weighted by Gasteiger charge is -2.24. The largest absolute Gasteiger partial charge is 0.464 e. The molecule has 0 saturated carbocycles. The van der Waals surface area contributed by atoms with E-state index in [9.17, 15) is 9.59 Å². The number of hydrogen-bond donors (Lipinski definition) is 1. The molecule has 1 heterocycles. The van der Waals surface area contributed by atoms with Gasteiger partial charge >= 0.3 is 5.97 Å². The molecule has 1 rings (SSSR count). The Labute approximate surface area is 112 Å². The van der Waals surface area contributed by atoms with Gasteiger partial charge in [0.15, 0.2) is 0 Å². The number of esters is 1. The van der Waals surface area contributed by atoms with Crippen LogP contribution in [0.5, 0.6) is 0 Å². The molecule has 1 aromatic rings. The molecule has 1 aromatic heterocycles. The SMILES string of the molecule is CCOC(=O)[C@H](C)NC(=O)C(C)(C)c1cnccn1. The molecule has 0 fully saturated rings. The highest BCUT2D eigenvalue weighted by Gasteiger charge is 2.33. The molecule has 0 radical (unpaired) electrons. The quantitative estimate of drug-likeness (QED) is 0.797. The topological polar surface area (TPSA) is 81.2 Å². The average molecular weight is 265 g/mol. The molecule has 0 unspecified atom stereocenters. The predicted molar refractivity (Wildman–Crippen MR) is 69.3 cm³/mol. The molecule has 0 aliphatic rings. The minimum atomic E-state index is -0.866. The maximum atomic E-state index is 12.2. The fourth-order valence-corrected chi connectivity index (χ4v) is 1.44. The minimum absolute atomic E-state index is 0.284. The van der Waals surface area contributed by atoms with Gasteiger partial charge in [-0.2, -0.15) is 0 Å². The molecule has 1 N–H and O–H groups in total. The Bertz CT molecular complexity index is 446. The first-order valence-corrected chi connectivity index (χ1v) is 6.13. The summed E-state index contributed by atoms with van der Waals surface area (Å²) in [4.78, 5) is 31.7. The fourth-order valence-electron chi connectivity index (χ4n) is 1.44. The zero-order chi connectivity index (χ0) is 14.5. The van der Waals surface area contributed by atoms with Crippen molar-refractivity contribution >= 4 is 11.9 Å².